The van der Waals surface area contributed by atoms with Crippen LogP contribution in [0.15, 0.2) is 29.7 Å². The Kier molecular flexibility index (Phi) is 2.76. The Morgan fingerprint density at radius 3 is 2.56 bits per heavy atom. The number of sulfone groups is 1. The zero-order valence-electron chi connectivity index (χ0n) is 9.40. The Balaban J connectivity index is 2.11. The lowest BCUT2D eigenvalue weighted by molar-refractivity contribution is 0.605. The van der Waals surface area contributed by atoms with Crippen LogP contribution in [0.3, 0.4) is 0 Å². The van der Waals surface area contributed by atoms with Crippen LogP contribution in [0.5, 0.6) is 0 Å². The lowest BCUT2D eigenvalue weighted by Crippen LogP contribution is -2.20. The van der Waals surface area contributed by atoms with Gasteiger partial charge in [0, 0.05) is 11.1 Å². The molecule has 16 heavy (non-hydrogen) atoms. The summed E-state index contributed by atoms with van der Waals surface area (Å²) in [4.78, 5) is 0. The van der Waals surface area contributed by atoms with Gasteiger partial charge in [0.15, 0.2) is 9.84 Å². The third-order valence-corrected chi connectivity index (χ3v) is 4.18. The van der Waals surface area contributed by atoms with E-state index in [1.165, 1.54) is 16.5 Å². The van der Waals surface area contributed by atoms with Crippen LogP contribution in [0.4, 0.5) is 5.69 Å². The number of hydrogen-bond acceptors (Lipinski definition) is 3. The van der Waals surface area contributed by atoms with Crippen molar-refractivity contribution in [1.82, 2.24) is 0 Å². The number of benzene rings is 1. The molecule has 0 aromatic heterocycles. The minimum Gasteiger partial charge on any atom is -0.378 e. The van der Waals surface area contributed by atoms with E-state index in [0.29, 0.717) is 0 Å². The number of aryl methyl sites for hydroxylation is 2. The monoisotopic (exact) mass is 237 g/mol. The first kappa shape index (κ1) is 11.2. The molecule has 0 bridgehead atoms. The van der Waals surface area contributed by atoms with E-state index in [4.69, 9.17) is 0 Å². The molecule has 1 aliphatic heterocycles. The van der Waals surface area contributed by atoms with Crippen molar-refractivity contribution in [2.24, 2.45) is 0 Å². The number of anilines is 1. The highest BCUT2D eigenvalue weighted by atomic mass is 32.2. The molecule has 1 aliphatic rings. The van der Waals surface area contributed by atoms with Crippen molar-refractivity contribution in [3.8, 4) is 0 Å². The summed E-state index contributed by atoms with van der Waals surface area (Å²) >= 11 is 0. The van der Waals surface area contributed by atoms with Gasteiger partial charge in [0.2, 0.25) is 0 Å². The summed E-state index contributed by atoms with van der Waals surface area (Å²) in [6.45, 7) is 4.10. The van der Waals surface area contributed by atoms with E-state index in [1.807, 2.05) is 25.1 Å². The highest BCUT2D eigenvalue weighted by Crippen LogP contribution is 2.18. The van der Waals surface area contributed by atoms with Gasteiger partial charge in [-0.2, -0.15) is 0 Å². The molecule has 0 aliphatic carbocycles. The normalized spacial score (nSPS) is 22.2. The Morgan fingerprint density at radius 1 is 1.25 bits per heavy atom. The largest absolute Gasteiger partial charge is 0.378 e. The average Bonchev–Trinajstić information content (AvgIpc) is 2.52. The molecule has 3 nitrogen and oxygen atoms in total. The SMILES string of the molecule is Cc1ccc(N[C@H]2C=CS(=O)(=O)C2)cc1C. The maximum Gasteiger partial charge on any atom is 0.173 e. The van der Waals surface area contributed by atoms with E-state index >= 15 is 0 Å². The molecule has 0 saturated carbocycles. The first-order chi connectivity index (χ1) is 7.46. The molecule has 0 spiro atoms. The second-order valence-electron chi connectivity index (χ2n) is 4.21. The van der Waals surface area contributed by atoms with Gasteiger partial charge in [0.1, 0.15) is 0 Å². The Labute approximate surface area is 96.1 Å². The van der Waals surface area contributed by atoms with Gasteiger partial charge in [-0.25, -0.2) is 8.42 Å². The smallest absolute Gasteiger partial charge is 0.173 e. The fraction of sp³-hybridized carbons (Fsp3) is 0.333. The fourth-order valence-electron chi connectivity index (χ4n) is 1.71. The summed E-state index contributed by atoms with van der Waals surface area (Å²) in [5.74, 6) is 0.153. The number of nitrogens with one attached hydrogen (secondary N) is 1. The average molecular weight is 237 g/mol. The second kappa shape index (κ2) is 3.94. The minimum atomic E-state index is -2.98. The van der Waals surface area contributed by atoms with Crippen LogP contribution in [0, 0.1) is 13.8 Å². The summed E-state index contributed by atoms with van der Waals surface area (Å²) in [7, 11) is -2.98. The maximum atomic E-state index is 11.2. The lowest BCUT2D eigenvalue weighted by Gasteiger charge is -2.12. The predicted octanol–water partition coefficient (Wildman–Crippen LogP) is 2.03. The third-order valence-electron chi connectivity index (χ3n) is 2.79. The molecule has 0 unspecified atom stereocenters. The molecule has 0 saturated heterocycles. The quantitative estimate of drug-likeness (QED) is 0.856. The van der Waals surface area contributed by atoms with Crippen LogP contribution in [0.25, 0.3) is 0 Å². The molecule has 1 aromatic carbocycles. The van der Waals surface area contributed by atoms with Crippen molar-refractivity contribution in [3.63, 3.8) is 0 Å². The van der Waals surface area contributed by atoms with Gasteiger partial charge < -0.3 is 5.32 Å². The first-order valence-electron chi connectivity index (χ1n) is 5.21. The van der Waals surface area contributed by atoms with Gasteiger partial charge in [-0.3, -0.25) is 0 Å². The Bertz CT molecular complexity index is 532. The molecule has 0 fully saturated rings. The first-order valence-corrected chi connectivity index (χ1v) is 6.92. The van der Waals surface area contributed by atoms with Gasteiger partial charge in [-0.05, 0) is 37.1 Å². The molecule has 1 N–H and O–H groups in total. The van der Waals surface area contributed by atoms with E-state index in [0.717, 1.165) is 5.69 Å². The summed E-state index contributed by atoms with van der Waals surface area (Å²) in [5.41, 5.74) is 3.41. The van der Waals surface area contributed by atoms with Crippen molar-refractivity contribution in [1.29, 1.82) is 0 Å². The third kappa shape index (κ3) is 2.44. The molecular weight excluding hydrogens is 222 g/mol. The van der Waals surface area contributed by atoms with Crippen LogP contribution >= 0.6 is 0 Å². The zero-order valence-corrected chi connectivity index (χ0v) is 10.2. The van der Waals surface area contributed by atoms with Crippen LogP contribution in [0.1, 0.15) is 11.1 Å². The Hall–Kier alpha value is -1.29. The van der Waals surface area contributed by atoms with Crippen molar-refractivity contribution in [3.05, 3.63) is 40.8 Å². The highest BCUT2D eigenvalue weighted by Gasteiger charge is 2.21. The van der Waals surface area contributed by atoms with Crippen LogP contribution < -0.4 is 5.32 Å². The standard InChI is InChI=1S/C12H15NO2S/c1-9-3-4-11(7-10(9)2)13-12-5-6-16(14,15)8-12/h3-7,12-13H,8H2,1-2H3/t12-/m0/s1. The van der Waals surface area contributed by atoms with E-state index < -0.39 is 9.84 Å². The van der Waals surface area contributed by atoms with E-state index in [1.54, 1.807) is 6.08 Å². The van der Waals surface area contributed by atoms with Gasteiger partial charge in [0.05, 0.1) is 11.8 Å². The molecule has 0 radical (unpaired) electrons. The predicted molar refractivity (Wildman–Crippen MR) is 66.3 cm³/mol. The van der Waals surface area contributed by atoms with Gasteiger partial charge in [-0.15, -0.1) is 0 Å². The van der Waals surface area contributed by atoms with Gasteiger partial charge in [-0.1, -0.05) is 12.1 Å². The summed E-state index contributed by atoms with van der Waals surface area (Å²) < 4.78 is 22.5. The molecule has 1 heterocycles. The van der Waals surface area contributed by atoms with Gasteiger partial charge >= 0.3 is 0 Å². The van der Waals surface area contributed by atoms with Crippen LogP contribution in [-0.4, -0.2) is 20.2 Å². The maximum absolute atomic E-state index is 11.2. The molecule has 2 rings (SSSR count). The molecule has 1 atom stereocenters. The molecule has 1 aromatic rings. The molecule has 86 valence electrons. The topological polar surface area (TPSA) is 46.2 Å². The van der Waals surface area contributed by atoms with Crippen molar-refractivity contribution < 1.29 is 8.42 Å². The summed E-state index contributed by atoms with van der Waals surface area (Å²) in [5, 5.41) is 4.48. The summed E-state index contributed by atoms with van der Waals surface area (Å²) in [6, 6.07) is 5.94. The lowest BCUT2D eigenvalue weighted by atomic mass is 10.1. The molecule has 0 amide bonds. The molecular formula is C12H15NO2S. The van der Waals surface area contributed by atoms with E-state index in [-0.39, 0.29) is 11.8 Å². The second-order valence-corrected chi connectivity index (χ2v) is 6.14. The van der Waals surface area contributed by atoms with E-state index in [9.17, 15) is 8.42 Å². The van der Waals surface area contributed by atoms with Crippen molar-refractivity contribution in [2.75, 3.05) is 11.1 Å². The molecule has 4 heteroatoms. The number of hydrogen-bond donors (Lipinski definition) is 1. The highest BCUT2D eigenvalue weighted by molar-refractivity contribution is 7.94. The van der Waals surface area contributed by atoms with E-state index in [2.05, 4.69) is 12.2 Å². The van der Waals surface area contributed by atoms with Crippen molar-refractivity contribution in [2.45, 2.75) is 19.9 Å². The summed E-state index contributed by atoms with van der Waals surface area (Å²) in [6.07, 6.45) is 1.70. The van der Waals surface area contributed by atoms with Gasteiger partial charge in [0.25, 0.3) is 0 Å². The number of rotatable bonds is 2. The van der Waals surface area contributed by atoms with Crippen LogP contribution in [-0.2, 0) is 9.84 Å². The zero-order chi connectivity index (χ0) is 11.8. The fourth-order valence-corrected chi connectivity index (χ4v) is 2.95. The minimum absolute atomic E-state index is 0.105. The van der Waals surface area contributed by atoms with Crippen molar-refractivity contribution >= 4 is 15.5 Å². The Morgan fingerprint density at radius 2 is 2.00 bits per heavy atom. The van der Waals surface area contributed by atoms with Crippen LogP contribution in [0.2, 0.25) is 0 Å².